The first-order valence-corrected chi connectivity index (χ1v) is 6.71. The van der Waals surface area contributed by atoms with Gasteiger partial charge in [-0.15, -0.1) is 0 Å². The average Bonchev–Trinajstić information content (AvgIpc) is 2.80. The van der Waals surface area contributed by atoms with Crippen LogP contribution >= 0.6 is 0 Å². The predicted molar refractivity (Wildman–Crippen MR) is 74.8 cm³/mol. The number of hydrogen-bond acceptors (Lipinski definition) is 3. The molecule has 0 spiro atoms. The maximum absolute atomic E-state index is 13.9. The topological polar surface area (TPSA) is 64.9 Å². The van der Waals surface area contributed by atoms with Crippen LogP contribution in [0.15, 0.2) is 18.2 Å². The van der Waals surface area contributed by atoms with Crippen molar-refractivity contribution in [3.8, 4) is 6.07 Å². The lowest BCUT2D eigenvalue weighted by atomic mass is 9.97. The van der Waals surface area contributed by atoms with E-state index in [1.807, 2.05) is 0 Å². The summed E-state index contributed by atoms with van der Waals surface area (Å²) in [5.74, 6) is -0.566. The van der Waals surface area contributed by atoms with Crippen LogP contribution in [0.25, 0.3) is 0 Å². The SMILES string of the molecule is CNC(=O)c1ccc(N[C@]2(C#N)CC[C@@H](C)C2)cc1F. The quantitative estimate of drug-likeness (QED) is 0.891. The number of carbonyl (C=O) groups excluding carboxylic acids is 1. The Kier molecular flexibility index (Phi) is 3.93. The molecule has 0 aromatic heterocycles. The van der Waals surface area contributed by atoms with Crippen LogP contribution in [-0.2, 0) is 0 Å². The van der Waals surface area contributed by atoms with E-state index >= 15 is 0 Å². The molecule has 0 aliphatic heterocycles. The third kappa shape index (κ3) is 2.74. The van der Waals surface area contributed by atoms with Crippen LogP contribution in [-0.4, -0.2) is 18.5 Å². The zero-order valence-corrected chi connectivity index (χ0v) is 11.7. The number of halogens is 1. The zero-order chi connectivity index (χ0) is 14.8. The fourth-order valence-electron chi connectivity index (χ4n) is 2.72. The van der Waals surface area contributed by atoms with Crippen molar-refractivity contribution in [3.63, 3.8) is 0 Å². The van der Waals surface area contributed by atoms with Crippen LogP contribution < -0.4 is 10.6 Å². The van der Waals surface area contributed by atoms with Crippen molar-refractivity contribution in [3.05, 3.63) is 29.6 Å². The number of carbonyl (C=O) groups is 1. The lowest BCUT2D eigenvalue weighted by molar-refractivity contribution is 0.0959. The molecule has 2 N–H and O–H groups in total. The Morgan fingerprint density at radius 1 is 1.55 bits per heavy atom. The summed E-state index contributed by atoms with van der Waals surface area (Å²) in [6.45, 7) is 2.11. The highest BCUT2D eigenvalue weighted by Crippen LogP contribution is 2.36. The molecule has 1 amide bonds. The van der Waals surface area contributed by atoms with Crippen molar-refractivity contribution < 1.29 is 9.18 Å². The molecule has 0 unspecified atom stereocenters. The lowest BCUT2D eigenvalue weighted by Gasteiger charge is -2.24. The normalized spacial score (nSPS) is 25.0. The second-order valence-electron chi connectivity index (χ2n) is 5.44. The molecule has 5 heteroatoms. The summed E-state index contributed by atoms with van der Waals surface area (Å²) in [4.78, 5) is 11.4. The summed E-state index contributed by atoms with van der Waals surface area (Å²) in [5, 5.41) is 14.9. The van der Waals surface area contributed by atoms with Gasteiger partial charge in [0.25, 0.3) is 5.91 Å². The Morgan fingerprint density at radius 2 is 2.30 bits per heavy atom. The van der Waals surface area contributed by atoms with E-state index in [0.29, 0.717) is 11.6 Å². The molecule has 106 valence electrons. The van der Waals surface area contributed by atoms with Gasteiger partial charge in [0, 0.05) is 12.7 Å². The van der Waals surface area contributed by atoms with Gasteiger partial charge in [0.15, 0.2) is 0 Å². The Labute approximate surface area is 118 Å². The van der Waals surface area contributed by atoms with Gasteiger partial charge in [-0.2, -0.15) is 5.26 Å². The largest absolute Gasteiger partial charge is 0.367 e. The third-order valence-electron chi connectivity index (χ3n) is 3.80. The summed E-state index contributed by atoms with van der Waals surface area (Å²) in [6, 6.07) is 6.65. The van der Waals surface area contributed by atoms with Crippen molar-refractivity contribution >= 4 is 11.6 Å². The number of anilines is 1. The van der Waals surface area contributed by atoms with E-state index in [9.17, 15) is 14.4 Å². The van der Waals surface area contributed by atoms with Gasteiger partial charge in [0.1, 0.15) is 11.4 Å². The monoisotopic (exact) mass is 275 g/mol. The van der Waals surface area contributed by atoms with Crippen molar-refractivity contribution in [2.45, 2.75) is 31.7 Å². The standard InChI is InChI=1S/C15H18FN3O/c1-10-5-6-15(8-10,9-17)19-11-3-4-12(13(16)7-11)14(20)18-2/h3-4,7,10,19H,5-6,8H2,1-2H3,(H,18,20)/t10-,15-/m1/s1. The molecule has 4 nitrogen and oxygen atoms in total. The van der Waals surface area contributed by atoms with Gasteiger partial charge in [0.2, 0.25) is 0 Å². The lowest BCUT2D eigenvalue weighted by Crippen LogP contribution is -2.33. The van der Waals surface area contributed by atoms with E-state index in [1.54, 1.807) is 6.07 Å². The number of benzene rings is 1. The van der Waals surface area contributed by atoms with Crippen LogP contribution in [0.2, 0.25) is 0 Å². The van der Waals surface area contributed by atoms with E-state index < -0.39 is 17.3 Å². The molecular weight excluding hydrogens is 257 g/mol. The molecule has 1 saturated carbocycles. The molecule has 0 radical (unpaired) electrons. The second-order valence-corrected chi connectivity index (χ2v) is 5.44. The smallest absolute Gasteiger partial charge is 0.253 e. The number of nitrogens with one attached hydrogen (secondary N) is 2. The van der Waals surface area contributed by atoms with Crippen LogP contribution in [0, 0.1) is 23.1 Å². The first-order valence-electron chi connectivity index (χ1n) is 6.71. The second kappa shape index (κ2) is 5.49. The van der Waals surface area contributed by atoms with Crippen molar-refractivity contribution in [1.29, 1.82) is 5.26 Å². The molecular formula is C15H18FN3O. The number of amides is 1. The summed E-state index contributed by atoms with van der Waals surface area (Å²) in [7, 11) is 1.46. The minimum Gasteiger partial charge on any atom is -0.367 e. The minimum atomic E-state index is -0.625. The van der Waals surface area contributed by atoms with E-state index in [4.69, 9.17) is 0 Å². The van der Waals surface area contributed by atoms with Crippen molar-refractivity contribution in [2.75, 3.05) is 12.4 Å². The summed E-state index contributed by atoms with van der Waals surface area (Å²) < 4.78 is 13.9. The highest BCUT2D eigenvalue weighted by Gasteiger charge is 2.37. The Bertz CT molecular complexity index is 567. The van der Waals surface area contributed by atoms with Gasteiger partial charge >= 0.3 is 0 Å². The average molecular weight is 275 g/mol. The molecule has 0 heterocycles. The summed E-state index contributed by atoms with van der Waals surface area (Å²) >= 11 is 0. The summed E-state index contributed by atoms with van der Waals surface area (Å²) in [6.07, 6.45) is 2.49. The fourth-order valence-corrected chi connectivity index (χ4v) is 2.72. The van der Waals surface area contributed by atoms with Gasteiger partial charge < -0.3 is 10.6 Å². The molecule has 1 aliphatic carbocycles. The summed E-state index contributed by atoms with van der Waals surface area (Å²) in [5.41, 5.74) is -0.0879. The van der Waals surface area contributed by atoms with E-state index in [0.717, 1.165) is 19.3 Å². The first-order chi connectivity index (χ1) is 9.49. The minimum absolute atomic E-state index is 0.00356. The Hall–Kier alpha value is -2.09. The molecule has 0 bridgehead atoms. The maximum atomic E-state index is 13.9. The molecule has 20 heavy (non-hydrogen) atoms. The highest BCUT2D eigenvalue weighted by molar-refractivity contribution is 5.94. The van der Waals surface area contributed by atoms with Crippen LogP contribution in [0.5, 0.6) is 0 Å². The van der Waals surface area contributed by atoms with Crippen molar-refractivity contribution in [2.24, 2.45) is 5.92 Å². The fraction of sp³-hybridized carbons (Fsp3) is 0.467. The molecule has 0 saturated heterocycles. The van der Waals surface area contributed by atoms with E-state index in [-0.39, 0.29) is 5.56 Å². The van der Waals surface area contributed by atoms with Gasteiger partial charge in [-0.3, -0.25) is 4.79 Å². The first kappa shape index (κ1) is 14.3. The van der Waals surface area contributed by atoms with Crippen LogP contribution in [0.4, 0.5) is 10.1 Å². The van der Waals surface area contributed by atoms with Gasteiger partial charge in [-0.1, -0.05) is 6.92 Å². The number of nitriles is 1. The molecule has 1 fully saturated rings. The zero-order valence-electron chi connectivity index (χ0n) is 11.7. The molecule has 1 aromatic rings. The van der Waals surface area contributed by atoms with Gasteiger partial charge in [-0.25, -0.2) is 4.39 Å². The molecule has 1 aliphatic rings. The number of hydrogen-bond donors (Lipinski definition) is 2. The third-order valence-corrected chi connectivity index (χ3v) is 3.80. The number of rotatable bonds is 3. The highest BCUT2D eigenvalue weighted by atomic mass is 19.1. The van der Waals surface area contributed by atoms with Gasteiger partial charge in [-0.05, 0) is 43.4 Å². The predicted octanol–water partition coefficient (Wildman–Crippen LogP) is 2.68. The van der Waals surface area contributed by atoms with E-state index in [1.165, 1.54) is 19.2 Å². The molecule has 2 rings (SSSR count). The van der Waals surface area contributed by atoms with Gasteiger partial charge in [0.05, 0.1) is 11.6 Å². The number of nitrogens with zero attached hydrogens (tertiary/aromatic N) is 1. The Morgan fingerprint density at radius 3 is 2.80 bits per heavy atom. The van der Waals surface area contributed by atoms with E-state index in [2.05, 4.69) is 23.6 Å². The Balaban J connectivity index is 2.21. The van der Waals surface area contributed by atoms with Crippen LogP contribution in [0.3, 0.4) is 0 Å². The van der Waals surface area contributed by atoms with Crippen molar-refractivity contribution in [1.82, 2.24) is 5.32 Å². The molecule has 2 atom stereocenters. The molecule has 1 aromatic carbocycles. The van der Waals surface area contributed by atoms with Crippen LogP contribution in [0.1, 0.15) is 36.5 Å². The maximum Gasteiger partial charge on any atom is 0.253 e.